The van der Waals surface area contributed by atoms with Crippen LogP contribution in [-0.4, -0.2) is 48.9 Å². The molecule has 0 saturated heterocycles. The maximum absolute atomic E-state index is 12.4. The summed E-state index contributed by atoms with van der Waals surface area (Å²) in [6.07, 6.45) is 0.793. The molecule has 1 heterocycles. The highest BCUT2D eigenvalue weighted by atomic mass is 35.5. The lowest BCUT2D eigenvalue weighted by molar-refractivity contribution is -0.115. The average Bonchev–Trinajstić information content (AvgIpc) is 2.75. The highest BCUT2D eigenvalue weighted by molar-refractivity contribution is 6.04. The number of halogens is 1. The number of nitrogens with zero attached hydrogens (tertiary/aromatic N) is 1. The zero-order valence-corrected chi connectivity index (χ0v) is 17.3. The molecule has 0 bridgehead atoms. The third-order valence-corrected chi connectivity index (χ3v) is 4.69. The van der Waals surface area contributed by atoms with Crippen LogP contribution < -0.4 is 21.7 Å². The number of anilines is 1. The lowest BCUT2D eigenvalue weighted by atomic mass is 10.0. The van der Waals surface area contributed by atoms with Crippen molar-refractivity contribution in [3.63, 3.8) is 0 Å². The Morgan fingerprint density at radius 3 is 2.43 bits per heavy atom. The van der Waals surface area contributed by atoms with E-state index in [9.17, 15) is 14.4 Å². The van der Waals surface area contributed by atoms with Crippen LogP contribution in [0.4, 0.5) is 10.5 Å². The molecule has 0 radical (unpaired) electrons. The van der Waals surface area contributed by atoms with E-state index >= 15 is 0 Å². The number of amides is 4. The van der Waals surface area contributed by atoms with Crippen molar-refractivity contribution >= 4 is 35.9 Å². The molecule has 5 N–H and O–H groups in total. The first-order valence-corrected chi connectivity index (χ1v) is 9.55. The summed E-state index contributed by atoms with van der Waals surface area (Å²) in [6, 6.07) is 14.4. The predicted molar refractivity (Wildman–Crippen MR) is 118 cm³/mol. The van der Waals surface area contributed by atoms with E-state index in [0.717, 1.165) is 12.0 Å². The second-order valence-electron chi connectivity index (χ2n) is 6.74. The molecule has 30 heavy (non-hydrogen) atoms. The molecule has 0 fully saturated rings. The molecule has 0 spiro atoms. The van der Waals surface area contributed by atoms with Gasteiger partial charge in [0.25, 0.3) is 5.91 Å². The van der Waals surface area contributed by atoms with Crippen LogP contribution in [0, 0.1) is 0 Å². The van der Waals surface area contributed by atoms with E-state index in [-0.39, 0.29) is 30.9 Å². The van der Waals surface area contributed by atoms with E-state index in [1.807, 2.05) is 18.2 Å². The fourth-order valence-corrected chi connectivity index (χ4v) is 3.20. The summed E-state index contributed by atoms with van der Waals surface area (Å²) in [5.74, 6) is -0.725. The van der Waals surface area contributed by atoms with E-state index < -0.39 is 5.91 Å². The fraction of sp³-hybridized carbons (Fsp3) is 0.286. The van der Waals surface area contributed by atoms with Crippen molar-refractivity contribution in [1.29, 1.82) is 0 Å². The average molecular weight is 432 g/mol. The molecular formula is C21H26ClN5O3. The van der Waals surface area contributed by atoms with Crippen LogP contribution in [0.3, 0.4) is 0 Å². The van der Waals surface area contributed by atoms with Gasteiger partial charge in [-0.25, -0.2) is 4.79 Å². The van der Waals surface area contributed by atoms with Crippen LogP contribution >= 0.6 is 12.4 Å². The largest absolute Gasteiger partial charge is 0.351 e. The number of rotatable bonds is 6. The molecule has 9 heteroatoms. The van der Waals surface area contributed by atoms with Crippen LogP contribution in [0.1, 0.15) is 21.5 Å². The zero-order valence-electron chi connectivity index (χ0n) is 16.5. The Hall–Kier alpha value is -3.10. The Morgan fingerprint density at radius 1 is 0.967 bits per heavy atom. The molecule has 1 aliphatic rings. The summed E-state index contributed by atoms with van der Waals surface area (Å²) in [5, 5.41) is 7.99. The van der Waals surface area contributed by atoms with Crippen molar-refractivity contribution in [1.82, 2.24) is 15.5 Å². The van der Waals surface area contributed by atoms with Crippen LogP contribution in [0.15, 0.2) is 48.5 Å². The van der Waals surface area contributed by atoms with E-state index in [4.69, 9.17) is 5.73 Å². The van der Waals surface area contributed by atoms with Gasteiger partial charge in [-0.05, 0) is 29.7 Å². The molecule has 3 rings (SSSR count). The zero-order chi connectivity index (χ0) is 20.6. The molecule has 160 valence electrons. The van der Waals surface area contributed by atoms with Gasteiger partial charge < -0.3 is 26.6 Å². The summed E-state index contributed by atoms with van der Waals surface area (Å²) in [5.41, 5.74) is 8.49. The third-order valence-electron chi connectivity index (χ3n) is 4.69. The number of nitrogens with two attached hydrogens (primary N) is 1. The SMILES string of the molecule is Cl.NCCNC(=O)c1ccccc1NC(=O)CNC(=O)N1CCc2ccccc2C1. The topological polar surface area (TPSA) is 117 Å². The smallest absolute Gasteiger partial charge is 0.318 e. The van der Waals surface area contributed by atoms with Gasteiger partial charge in [0.05, 0.1) is 17.8 Å². The van der Waals surface area contributed by atoms with Crippen LogP contribution in [0.2, 0.25) is 0 Å². The van der Waals surface area contributed by atoms with Gasteiger partial charge in [-0.1, -0.05) is 36.4 Å². The molecule has 4 amide bonds. The Bertz CT molecular complexity index is 906. The van der Waals surface area contributed by atoms with Gasteiger partial charge in [-0.2, -0.15) is 0 Å². The number of urea groups is 1. The van der Waals surface area contributed by atoms with Crippen LogP contribution in [0.25, 0.3) is 0 Å². The highest BCUT2D eigenvalue weighted by Gasteiger charge is 2.21. The van der Waals surface area contributed by atoms with Crippen molar-refractivity contribution in [2.45, 2.75) is 13.0 Å². The van der Waals surface area contributed by atoms with E-state index in [2.05, 4.69) is 22.0 Å². The number of hydrogen-bond acceptors (Lipinski definition) is 4. The van der Waals surface area contributed by atoms with Crippen LogP contribution in [0.5, 0.6) is 0 Å². The molecule has 1 aliphatic heterocycles. The number of fused-ring (bicyclic) bond motifs is 1. The standard InChI is InChI=1S/C21H25N5O3.ClH/c22-10-11-23-20(28)17-7-3-4-8-18(17)25-19(27)13-24-21(29)26-12-9-15-5-1-2-6-16(15)14-26;/h1-8H,9-14,22H2,(H,23,28)(H,24,29)(H,25,27);1H. The van der Waals surface area contributed by atoms with Gasteiger partial charge in [-0.3, -0.25) is 9.59 Å². The Morgan fingerprint density at radius 2 is 1.67 bits per heavy atom. The number of hydrogen-bond donors (Lipinski definition) is 4. The highest BCUT2D eigenvalue weighted by Crippen LogP contribution is 2.18. The normalized spacial score (nSPS) is 12.2. The molecule has 2 aromatic rings. The quantitative estimate of drug-likeness (QED) is 0.554. The Labute approximate surface area is 181 Å². The van der Waals surface area contributed by atoms with Crippen molar-refractivity contribution in [3.8, 4) is 0 Å². The molecule has 0 aromatic heterocycles. The summed E-state index contributed by atoms with van der Waals surface area (Å²) < 4.78 is 0. The maximum Gasteiger partial charge on any atom is 0.318 e. The summed E-state index contributed by atoms with van der Waals surface area (Å²) in [7, 11) is 0. The molecule has 0 aliphatic carbocycles. The van der Waals surface area contributed by atoms with E-state index in [0.29, 0.717) is 37.4 Å². The Balaban J connectivity index is 0.00000320. The second-order valence-corrected chi connectivity index (χ2v) is 6.74. The summed E-state index contributed by atoms with van der Waals surface area (Å²) >= 11 is 0. The van der Waals surface area contributed by atoms with Crippen molar-refractivity contribution in [2.24, 2.45) is 5.73 Å². The second kappa shape index (κ2) is 11.2. The van der Waals surface area contributed by atoms with E-state index in [1.165, 1.54) is 5.56 Å². The Kier molecular flexibility index (Phi) is 8.64. The van der Waals surface area contributed by atoms with E-state index in [1.54, 1.807) is 29.2 Å². The fourth-order valence-electron chi connectivity index (χ4n) is 3.20. The van der Waals surface area contributed by atoms with Crippen molar-refractivity contribution in [3.05, 3.63) is 65.2 Å². The minimum Gasteiger partial charge on any atom is -0.351 e. The van der Waals surface area contributed by atoms with Crippen molar-refractivity contribution in [2.75, 3.05) is 31.5 Å². The molecule has 2 aromatic carbocycles. The van der Waals surface area contributed by atoms with Gasteiger partial charge in [-0.15, -0.1) is 12.4 Å². The lowest BCUT2D eigenvalue weighted by Gasteiger charge is -2.28. The predicted octanol–water partition coefficient (Wildman–Crippen LogP) is 1.50. The molecule has 0 unspecified atom stereocenters. The number of nitrogens with one attached hydrogen (secondary N) is 3. The third kappa shape index (κ3) is 5.95. The lowest BCUT2D eigenvalue weighted by Crippen LogP contribution is -2.45. The molecule has 0 atom stereocenters. The molecule has 0 saturated carbocycles. The minimum absolute atomic E-state index is 0. The molecular weight excluding hydrogens is 406 g/mol. The molecule has 8 nitrogen and oxygen atoms in total. The van der Waals surface area contributed by atoms with Gasteiger partial charge in [0, 0.05) is 26.2 Å². The summed E-state index contributed by atoms with van der Waals surface area (Å²) in [6.45, 7) is 1.61. The van der Waals surface area contributed by atoms with Gasteiger partial charge >= 0.3 is 6.03 Å². The number of para-hydroxylation sites is 1. The first-order chi connectivity index (χ1) is 14.1. The van der Waals surface area contributed by atoms with Gasteiger partial charge in [0.15, 0.2) is 0 Å². The first kappa shape index (κ1) is 23.2. The number of carbonyl (C=O) groups is 3. The number of carbonyl (C=O) groups excluding carboxylic acids is 3. The van der Waals surface area contributed by atoms with Crippen molar-refractivity contribution < 1.29 is 14.4 Å². The minimum atomic E-state index is -0.408. The van der Waals surface area contributed by atoms with Gasteiger partial charge in [0.1, 0.15) is 0 Å². The summed E-state index contributed by atoms with van der Waals surface area (Å²) in [4.78, 5) is 38.6. The monoisotopic (exact) mass is 431 g/mol. The van der Waals surface area contributed by atoms with Gasteiger partial charge in [0.2, 0.25) is 5.91 Å². The first-order valence-electron chi connectivity index (χ1n) is 9.55. The number of benzene rings is 2. The maximum atomic E-state index is 12.4. The van der Waals surface area contributed by atoms with Crippen LogP contribution in [-0.2, 0) is 17.8 Å².